The Bertz CT molecular complexity index is 441. The molecule has 1 atom stereocenters. The lowest BCUT2D eigenvalue weighted by Gasteiger charge is -2.18. The van der Waals surface area contributed by atoms with Gasteiger partial charge in [0, 0.05) is 20.1 Å². The van der Waals surface area contributed by atoms with Gasteiger partial charge < -0.3 is 15.2 Å². The lowest BCUT2D eigenvalue weighted by atomic mass is 10.0. The number of hydrogen-bond acceptors (Lipinski definition) is 3. The van der Waals surface area contributed by atoms with Crippen LogP contribution in [-0.2, 0) is 13.6 Å². The molecule has 1 aromatic heterocycles. The van der Waals surface area contributed by atoms with Crippen LogP contribution < -0.4 is 10.6 Å². The van der Waals surface area contributed by atoms with E-state index >= 15 is 0 Å². The monoisotopic (exact) mass is 408 g/mol. The molecular weight excluding hydrogens is 379 g/mol. The Hall–Kier alpha value is -0.860. The molecule has 0 aromatic carbocycles. The minimum absolute atomic E-state index is 0. The molecule has 6 nitrogen and oxygen atoms in total. The lowest BCUT2D eigenvalue weighted by molar-refractivity contribution is 0.488. The van der Waals surface area contributed by atoms with E-state index in [1.807, 2.05) is 18.5 Å². The summed E-state index contributed by atoms with van der Waals surface area (Å²) in [7, 11) is 3.75. The van der Waals surface area contributed by atoms with Crippen LogP contribution >= 0.6 is 24.0 Å². The van der Waals surface area contributed by atoms with Gasteiger partial charge in [-0.2, -0.15) is 0 Å². The van der Waals surface area contributed by atoms with Gasteiger partial charge in [0.05, 0.1) is 6.54 Å². The quantitative estimate of drug-likeness (QED) is 0.431. The van der Waals surface area contributed by atoms with Gasteiger partial charge in [0.25, 0.3) is 0 Å². The fraction of sp³-hybridized carbons (Fsp3) is 0.786. The Labute approximate surface area is 145 Å². The molecule has 0 aliphatic carbocycles. The Morgan fingerprint density at radius 1 is 1.24 bits per heavy atom. The number of hydrogen-bond donors (Lipinski definition) is 2. The highest BCUT2D eigenvalue weighted by Gasteiger charge is 2.08. The Morgan fingerprint density at radius 3 is 2.38 bits per heavy atom. The predicted octanol–water partition coefficient (Wildman–Crippen LogP) is 2.23. The number of aliphatic imine (C=N–C) groups is 1. The second-order valence-corrected chi connectivity index (χ2v) is 5.66. The molecule has 0 fully saturated rings. The van der Waals surface area contributed by atoms with Gasteiger partial charge in [-0.15, -0.1) is 34.2 Å². The van der Waals surface area contributed by atoms with Crippen molar-refractivity contribution in [1.82, 2.24) is 25.4 Å². The number of aromatic nitrogens is 3. The van der Waals surface area contributed by atoms with E-state index in [4.69, 9.17) is 0 Å². The Balaban J connectivity index is 0.00000400. The van der Waals surface area contributed by atoms with E-state index in [0.29, 0.717) is 12.6 Å². The van der Waals surface area contributed by atoms with E-state index in [1.54, 1.807) is 7.05 Å². The smallest absolute Gasteiger partial charge is 0.191 e. The first kappa shape index (κ1) is 20.1. The van der Waals surface area contributed by atoms with E-state index in [-0.39, 0.29) is 24.0 Å². The van der Waals surface area contributed by atoms with Crippen molar-refractivity contribution in [2.45, 2.75) is 53.1 Å². The van der Waals surface area contributed by atoms with E-state index in [0.717, 1.165) is 29.9 Å². The third-order valence-electron chi connectivity index (χ3n) is 3.38. The van der Waals surface area contributed by atoms with Crippen molar-refractivity contribution in [3.63, 3.8) is 0 Å². The summed E-state index contributed by atoms with van der Waals surface area (Å²) in [5.41, 5.74) is 0. The molecule has 7 heteroatoms. The van der Waals surface area contributed by atoms with Crippen molar-refractivity contribution in [1.29, 1.82) is 0 Å². The van der Waals surface area contributed by atoms with Crippen LogP contribution in [-0.4, -0.2) is 33.8 Å². The summed E-state index contributed by atoms with van der Waals surface area (Å²) in [6.07, 6.45) is 2.36. The van der Waals surface area contributed by atoms with Gasteiger partial charge in [-0.1, -0.05) is 13.8 Å². The number of nitrogens with zero attached hydrogens (tertiary/aromatic N) is 4. The summed E-state index contributed by atoms with van der Waals surface area (Å²) >= 11 is 0. The van der Waals surface area contributed by atoms with Crippen LogP contribution in [0.25, 0.3) is 0 Å². The number of guanidine groups is 1. The van der Waals surface area contributed by atoms with Gasteiger partial charge in [0.15, 0.2) is 11.8 Å². The van der Waals surface area contributed by atoms with Crippen LogP contribution in [0, 0.1) is 12.8 Å². The molecule has 0 aliphatic rings. The predicted molar refractivity (Wildman–Crippen MR) is 98.0 cm³/mol. The minimum atomic E-state index is 0. The molecule has 0 bridgehead atoms. The van der Waals surface area contributed by atoms with E-state index in [1.165, 1.54) is 6.42 Å². The molecule has 0 radical (unpaired) electrons. The molecule has 1 heterocycles. The van der Waals surface area contributed by atoms with Crippen molar-refractivity contribution in [2.24, 2.45) is 18.0 Å². The van der Waals surface area contributed by atoms with Crippen LogP contribution in [0.5, 0.6) is 0 Å². The summed E-state index contributed by atoms with van der Waals surface area (Å²) in [4.78, 5) is 4.24. The van der Waals surface area contributed by atoms with Crippen LogP contribution in [0.15, 0.2) is 4.99 Å². The van der Waals surface area contributed by atoms with Gasteiger partial charge in [0.2, 0.25) is 0 Å². The molecule has 1 rings (SSSR count). The topological polar surface area (TPSA) is 67.1 Å². The highest BCUT2D eigenvalue weighted by atomic mass is 127. The zero-order valence-electron chi connectivity index (χ0n) is 14.0. The molecule has 0 spiro atoms. The molecule has 0 saturated heterocycles. The fourth-order valence-corrected chi connectivity index (χ4v) is 1.85. The highest BCUT2D eigenvalue weighted by Crippen LogP contribution is 2.06. The highest BCUT2D eigenvalue weighted by molar-refractivity contribution is 14.0. The van der Waals surface area contributed by atoms with Crippen LogP contribution in [0.3, 0.4) is 0 Å². The molecule has 0 saturated carbocycles. The summed E-state index contributed by atoms with van der Waals surface area (Å²) < 4.78 is 1.97. The largest absolute Gasteiger partial charge is 0.354 e. The van der Waals surface area contributed by atoms with Crippen molar-refractivity contribution < 1.29 is 0 Å². The van der Waals surface area contributed by atoms with Crippen molar-refractivity contribution in [3.8, 4) is 0 Å². The lowest BCUT2D eigenvalue weighted by Crippen LogP contribution is -2.42. The maximum Gasteiger partial charge on any atom is 0.191 e. The van der Waals surface area contributed by atoms with E-state index in [2.05, 4.69) is 46.6 Å². The maximum absolute atomic E-state index is 4.24. The first-order valence-electron chi connectivity index (χ1n) is 7.26. The minimum Gasteiger partial charge on any atom is -0.354 e. The summed E-state index contributed by atoms with van der Waals surface area (Å²) in [5, 5.41) is 14.8. The fourth-order valence-electron chi connectivity index (χ4n) is 1.85. The maximum atomic E-state index is 4.24. The number of nitrogens with one attached hydrogen (secondary N) is 2. The third-order valence-corrected chi connectivity index (χ3v) is 3.38. The molecular formula is C14H29IN6. The van der Waals surface area contributed by atoms with Crippen molar-refractivity contribution >= 4 is 29.9 Å². The van der Waals surface area contributed by atoms with Crippen molar-refractivity contribution in [2.75, 3.05) is 7.05 Å². The first-order valence-corrected chi connectivity index (χ1v) is 7.26. The Morgan fingerprint density at radius 2 is 1.90 bits per heavy atom. The molecule has 122 valence electrons. The van der Waals surface area contributed by atoms with E-state index < -0.39 is 0 Å². The SMILES string of the molecule is CN=C(NCc1nnc(C)n1C)NC(C)CCC(C)C.I. The normalized spacial score (nSPS) is 13.0. The molecule has 0 amide bonds. The standard InChI is InChI=1S/C14H28N6.HI/c1-10(2)7-8-11(3)17-14(15-5)16-9-13-19-18-12(4)20(13)6;/h10-11H,7-9H2,1-6H3,(H2,15,16,17);1H. The number of aryl methyl sites for hydroxylation is 1. The van der Waals surface area contributed by atoms with Crippen molar-refractivity contribution in [3.05, 3.63) is 11.6 Å². The Kier molecular flexibility index (Phi) is 9.56. The van der Waals surface area contributed by atoms with Gasteiger partial charge in [-0.05, 0) is 32.6 Å². The number of halogens is 1. The van der Waals surface area contributed by atoms with Gasteiger partial charge >= 0.3 is 0 Å². The van der Waals surface area contributed by atoms with Crippen LogP contribution in [0.4, 0.5) is 0 Å². The second-order valence-electron chi connectivity index (χ2n) is 5.66. The zero-order valence-corrected chi connectivity index (χ0v) is 16.3. The average molecular weight is 408 g/mol. The second kappa shape index (κ2) is 9.97. The summed E-state index contributed by atoms with van der Waals surface area (Å²) in [6.45, 7) is 9.24. The van der Waals surface area contributed by atoms with Gasteiger partial charge in [0.1, 0.15) is 5.82 Å². The molecule has 21 heavy (non-hydrogen) atoms. The zero-order chi connectivity index (χ0) is 15.1. The summed E-state index contributed by atoms with van der Waals surface area (Å²) in [6, 6.07) is 0.407. The third kappa shape index (κ3) is 7.10. The van der Waals surface area contributed by atoms with Gasteiger partial charge in [-0.3, -0.25) is 4.99 Å². The summed E-state index contributed by atoms with van der Waals surface area (Å²) in [5.74, 6) is 3.35. The van der Waals surface area contributed by atoms with E-state index in [9.17, 15) is 0 Å². The number of rotatable bonds is 6. The molecule has 1 unspecified atom stereocenters. The molecule has 1 aromatic rings. The first-order chi connectivity index (χ1) is 9.43. The molecule has 2 N–H and O–H groups in total. The van der Waals surface area contributed by atoms with Gasteiger partial charge in [-0.25, -0.2) is 0 Å². The molecule has 0 aliphatic heterocycles. The van der Waals surface area contributed by atoms with Crippen LogP contribution in [0.2, 0.25) is 0 Å². The van der Waals surface area contributed by atoms with Crippen LogP contribution in [0.1, 0.15) is 45.3 Å². The average Bonchev–Trinajstić information content (AvgIpc) is 2.72.